The second kappa shape index (κ2) is 12.4. The Morgan fingerprint density at radius 1 is 1.05 bits per heavy atom. The van der Waals surface area contributed by atoms with Crippen molar-refractivity contribution in [1.29, 1.82) is 0 Å². The Morgan fingerprint density at radius 3 is 2.45 bits per heavy atom. The molecular weight excluding hydrogens is 472 g/mol. The summed E-state index contributed by atoms with van der Waals surface area (Å²) in [5.74, 6) is -0.152. The summed E-state index contributed by atoms with van der Waals surface area (Å²) in [7, 11) is 1.74. The van der Waals surface area contributed by atoms with E-state index < -0.39 is 0 Å². The number of carbonyl (C=O) groups is 1. The molecule has 196 valence electrons. The van der Waals surface area contributed by atoms with Crippen LogP contribution in [0.4, 0.5) is 5.69 Å². The highest BCUT2D eigenvalue weighted by molar-refractivity contribution is 6.09. The van der Waals surface area contributed by atoms with Crippen LogP contribution in [0.5, 0.6) is 0 Å². The first-order valence-electron chi connectivity index (χ1n) is 13.1. The summed E-state index contributed by atoms with van der Waals surface area (Å²) in [4.78, 5) is 17.4. The number of carbonyl (C=O) groups excluding carboxylic acids is 1. The van der Waals surface area contributed by atoms with Crippen molar-refractivity contribution in [2.24, 2.45) is 0 Å². The SMILES string of the molecule is C=C1C(C(=O)N(C)c2ccccc2CO)=CN(Cc2ccc(-n3cccn3)cc2)C2=CCCC=C12.CCC. The van der Waals surface area contributed by atoms with E-state index in [9.17, 15) is 9.90 Å². The van der Waals surface area contributed by atoms with Crippen LogP contribution in [-0.4, -0.2) is 32.7 Å². The van der Waals surface area contributed by atoms with Gasteiger partial charge in [-0.25, -0.2) is 4.68 Å². The van der Waals surface area contributed by atoms with Crippen molar-refractivity contribution >= 4 is 11.6 Å². The van der Waals surface area contributed by atoms with Gasteiger partial charge in [0.05, 0.1) is 17.9 Å². The summed E-state index contributed by atoms with van der Waals surface area (Å²) in [6.45, 7) is 9.04. The van der Waals surface area contributed by atoms with Crippen molar-refractivity contribution in [1.82, 2.24) is 14.7 Å². The number of amides is 1. The van der Waals surface area contributed by atoms with Gasteiger partial charge < -0.3 is 14.9 Å². The Bertz CT molecular complexity index is 1360. The predicted octanol–water partition coefficient (Wildman–Crippen LogP) is 6.30. The first kappa shape index (κ1) is 26.9. The number of fused-ring (bicyclic) bond motifs is 1. The Hall–Kier alpha value is -4.16. The van der Waals surface area contributed by atoms with E-state index in [0.717, 1.165) is 40.9 Å². The van der Waals surface area contributed by atoms with Gasteiger partial charge in [-0.1, -0.05) is 69.3 Å². The fourth-order valence-electron chi connectivity index (χ4n) is 4.61. The number of hydrogen-bond acceptors (Lipinski definition) is 4. The summed E-state index contributed by atoms with van der Waals surface area (Å²) in [6.07, 6.45) is 13.1. The number of aromatic nitrogens is 2. The molecule has 0 spiro atoms. The van der Waals surface area contributed by atoms with Crippen molar-refractivity contribution < 1.29 is 9.90 Å². The second-order valence-corrected chi connectivity index (χ2v) is 9.41. The van der Waals surface area contributed by atoms with Crippen LogP contribution in [-0.2, 0) is 17.9 Å². The van der Waals surface area contributed by atoms with Crippen LogP contribution in [0.15, 0.2) is 114 Å². The molecule has 1 aromatic heterocycles. The van der Waals surface area contributed by atoms with E-state index in [1.807, 2.05) is 59.5 Å². The van der Waals surface area contributed by atoms with Gasteiger partial charge in [0.25, 0.3) is 5.91 Å². The summed E-state index contributed by atoms with van der Waals surface area (Å²) in [5.41, 5.74) is 6.91. The molecule has 1 amide bonds. The van der Waals surface area contributed by atoms with E-state index in [4.69, 9.17) is 0 Å². The summed E-state index contributed by atoms with van der Waals surface area (Å²) in [5, 5.41) is 14.0. The third kappa shape index (κ3) is 5.71. The Morgan fingerprint density at radius 2 is 1.76 bits per heavy atom. The number of aliphatic hydroxyl groups is 1. The fourth-order valence-corrected chi connectivity index (χ4v) is 4.61. The predicted molar refractivity (Wildman–Crippen MR) is 153 cm³/mol. The van der Waals surface area contributed by atoms with E-state index in [1.165, 1.54) is 6.42 Å². The van der Waals surface area contributed by atoms with Crippen LogP contribution >= 0.6 is 0 Å². The lowest BCUT2D eigenvalue weighted by atomic mass is 9.88. The van der Waals surface area contributed by atoms with Crippen LogP contribution < -0.4 is 4.90 Å². The maximum atomic E-state index is 13.7. The normalized spacial score (nSPS) is 14.5. The second-order valence-electron chi connectivity index (χ2n) is 9.41. The molecule has 6 nitrogen and oxygen atoms in total. The molecule has 5 rings (SSSR count). The lowest BCUT2D eigenvalue weighted by Crippen LogP contribution is -2.34. The van der Waals surface area contributed by atoms with E-state index in [-0.39, 0.29) is 12.5 Å². The quantitative estimate of drug-likeness (QED) is 0.424. The third-order valence-electron chi connectivity index (χ3n) is 6.49. The monoisotopic (exact) mass is 508 g/mol. The first-order valence-corrected chi connectivity index (χ1v) is 13.1. The minimum absolute atomic E-state index is 0.132. The zero-order valence-electron chi connectivity index (χ0n) is 22.5. The number of benzene rings is 2. The third-order valence-corrected chi connectivity index (χ3v) is 6.49. The van der Waals surface area contributed by atoms with Gasteiger partial charge in [0, 0.05) is 54.7 Å². The maximum Gasteiger partial charge on any atom is 0.260 e. The van der Waals surface area contributed by atoms with Gasteiger partial charge >= 0.3 is 0 Å². The first-order chi connectivity index (χ1) is 18.5. The highest BCUT2D eigenvalue weighted by Gasteiger charge is 2.30. The number of likely N-dealkylation sites (N-methyl/N-ethyl adjacent to an activating group) is 1. The molecule has 38 heavy (non-hydrogen) atoms. The summed E-state index contributed by atoms with van der Waals surface area (Å²) >= 11 is 0. The average molecular weight is 509 g/mol. The zero-order valence-corrected chi connectivity index (χ0v) is 22.5. The molecule has 1 N–H and O–H groups in total. The lowest BCUT2D eigenvalue weighted by molar-refractivity contribution is -0.114. The number of aliphatic hydroxyl groups excluding tert-OH is 1. The Balaban J connectivity index is 0.00000107. The van der Waals surface area contributed by atoms with Gasteiger partial charge in [0.15, 0.2) is 0 Å². The number of rotatable bonds is 6. The van der Waals surface area contributed by atoms with E-state index in [1.54, 1.807) is 18.1 Å². The van der Waals surface area contributed by atoms with Crippen LogP contribution in [0.3, 0.4) is 0 Å². The summed E-state index contributed by atoms with van der Waals surface area (Å²) in [6, 6.07) is 17.6. The largest absolute Gasteiger partial charge is 0.392 e. The zero-order chi connectivity index (χ0) is 27.1. The average Bonchev–Trinajstić information content (AvgIpc) is 3.50. The minimum Gasteiger partial charge on any atom is -0.392 e. The van der Waals surface area contributed by atoms with Gasteiger partial charge in [-0.2, -0.15) is 5.10 Å². The highest BCUT2D eigenvalue weighted by Crippen LogP contribution is 2.38. The van der Waals surface area contributed by atoms with Gasteiger partial charge in [0.1, 0.15) is 0 Å². The number of allylic oxidation sites excluding steroid dienone is 3. The van der Waals surface area contributed by atoms with E-state index >= 15 is 0 Å². The molecule has 0 saturated heterocycles. The highest BCUT2D eigenvalue weighted by atomic mass is 16.3. The number of anilines is 1. The standard InChI is InChI=1S/C29H28N4O2.C3H8/c1-21-25-9-4-6-11-28(25)32(18-22-12-14-24(15-13-22)33-17-7-16-30-33)19-26(21)29(35)31(2)27-10-5-3-8-23(27)20-34;1-3-2/h3,5,7-17,19,34H,1,4,6,18,20H2,2H3;3H2,1-2H3. The molecule has 1 aliphatic carbocycles. The van der Waals surface area contributed by atoms with E-state index in [0.29, 0.717) is 23.4 Å². The van der Waals surface area contributed by atoms with Crippen LogP contribution in [0.25, 0.3) is 5.69 Å². The van der Waals surface area contributed by atoms with Crippen LogP contribution in [0, 0.1) is 0 Å². The van der Waals surface area contributed by atoms with Crippen molar-refractivity contribution in [2.45, 2.75) is 46.3 Å². The van der Waals surface area contributed by atoms with Crippen LogP contribution in [0.2, 0.25) is 0 Å². The molecule has 0 radical (unpaired) electrons. The summed E-state index contributed by atoms with van der Waals surface area (Å²) < 4.78 is 1.83. The fraction of sp³-hybridized carbons (Fsp3) is 0.250. The molecule has 0 bridgehead atoms. The molecule has 2 aliphatic rings. The van der Waals surface area contributed by atoms with Crippen molar-refractivity contribution in [2.75, 3.05) is 11.9 Å². The number of hydrogen-bond donors (Lipinski definition) is 1. The minimum atomic E-state index is -0.152. The van der Waals surface area contributed by atoms with Crippen LogP contribution in [0.1, 0.15) is 44.2 Å². The molecule has 2 heterocycles. The molecule has 0 unspecified atom stereocenters. The molecule has 0 fully saturated rings. The lowest BCUT2D eigenvalue weighted by Gasteiger charge is -2.35. The Labute approximate surface area is 225 Å². The maximum absolute atomic E-state index is 13.7. The smallest absolute Gasteiger partial charge is 0.260 e. The Kier molecular flexibility index (Phi) is 8.77. The molecule has 1 aliphatic heterocycles. The van der Waals surface area contributed by atoms with Gasteiger partial charge in [-0.05, 0) is 48.2 Å². The molecular formula is C32H36N4O2. The van der Waals surface area contributed by atoms with Gasteiger partial charge in [-0.15, -0.1) is 0 Å². The molecule has 0 atom stereocenters. The van der Waals surface area contributed by atoms with Crippen molar-refractivity contribution in [3.05, 3.63) is 125 Å². The molecule has 2 aromatic carbocycles. The van der Waals surface area contributed by atoms with Gasteiger partial charge in [0.2, 0.25) is 0 Å². The van der Waals surface area contributed by atoms with E-state index in [2.05, 4.69) is 54.7 Å². The molecule has 6 heteroatoms. The number of nitrogens with zero attached hydrogens (tertiary/aromatic N) is 4. The van der Waals surface area contributed by atoms with Gasteiger partial charge in [-0.3, -0.25) is 4.79 Å². The molecule has 0 saturated carbocycles. The van der Waals surface area contributed by atoms with Crippen molar-refractivity contribution in [3.63, 3.8) is 0 Å². The molecule has 3 aromatic rings. The van der Waals surface area contributed by atoms with Crippen molar-refractivity contribution in [3.8, 4) is 5.69 Å². The number of para-hydroxylation sites is 1. The topological polar surface area (TPSA) is 61.6 Å².